The Labute approximate surface area is 198 Å². The van der Waals surface area contributed by atoms with Crippen molar-refractivity contribution in [1.29, 1.82) is 0 Å². The van der Waals surface area contributed by atoms with Gasteiger partial charge in [0.25, 0.3) is 23.1 Å². The highest BCUT2D eigenvalue weighted by Crippen LogP contribution is 2.36. The van der Waals surface area contributed by atoms with Crippen molar-refractivity contribution in [3.05, 3.63) is 42.5 Å². The Morgan fingerprint density at radius 3 is 2.46 bits per heavy atom. The van der Waals surface area contributed by atoms with Crippen LogP contribution in [0.15, 0.2) is 41.8 Å². The summed E-state index contributed by atoms with van der Waals surface area (Å²) in [4.78, 5) is 45.4. The molecule has 0 aliphatic carbocycles. The number of rotatable bonds is 11. The van der Waals surface area contributed by atoms with E-state index in [0.29, 0.717) is 6.41 Å². The molecule has 0 radical (unpaired) electrons. The normalized spacial score (nSPS) is 22.0. The van der Waals surface area contributed by atoms with Crippen molar-refractivity contribution >= 4 is 46.5 Å². The van der Waals surface area contributed by atoms with Crippen LogP contribution in [0.4, 0.5) is 5.82 Å². The van der Waals surface area contributed by atoms with Crippen LogP contribution in [0.5, 0.6) is 0 Å². The largest absolute Gasteiger partial charge is 0.458 e. The highest BCUT2D eigenvalue weighted by molar-refractivity contribution is 7.86. The third kappa shape index (κ3) is 4.82. The van der Waals surface area contributed by atoms with Gasteiger partial charge >= 0.3 is 0 Å². The van der Waals surface area contributed by atoms with Crippen LogP contribution in [0.25, 0.3) is 11.2 Å². The predicted molar refractivity (Wildman–Crippen MR) is 115 cm³/mol. The van der Waals surface area contributed by atoms with E-state index < -0.39 is 41.3 Å². The lowest BCUT2D eigenvalue weighted by atomic mass is 10.1. The fourth-order valence-corrected chi connectivity index (χ4v) is 4.55. The summed E-state index contributed by atoms with van der Waals surface area (Å²) in [6, 6.07) is 6.01. The van der Waals surface area contributed by atoms with Crippen molar-refractivity contribution in [3.8, 4) is 0 Å². The van der Waals surface area contributed by atoms with Gasteiger partial charge in [0, 0.05) is 0 Å². The number of nitrogens with zero attached hydrogens (tertiary/aromatic N) is 4. The Bertz CT molecular complexity index is 1330. The number of amides is 1. The van der Waals surface area contributed by atoms with Crippen molar-refractivity contribution in [2.45, 2.75) is 36.4 Å². The van der Waals surface area contributed by atoms with Gasteiger partial charge < -0.3 is 19.5 Å². The number of imidazole rings is 1. The van der Waals surface area contributed by atoms with Gasteiger partial charge in [0.05, 0.1) is 17.8 Å². The molecule has 0 saturated carbocycles. The average molecular weight is 505 g/mol. The average Bonchev–Trinajstić information content (AvgIpc) is 3.41. The van der Waals surface area contributed by atoms with E-state index in [1.807, 2.05) is 0 Å². The summed E-state index contributed by atoms with van der Waals surface area (Å²) in [7, 11) is -4.17. The highest BCUT2D eigenvalue weighted by atomic mass is 32.2. The first-order valence-electron chi connectivity index (χ1n) is 10.1. The van der Waals surface area contributed by atoms with Crippen LogP contribution in [0.1, 0.15) is 11.8 Å². The molecule has 3 aromatic rings. The molecule has 14 nitrogen and oxygen atoms in total. The maximum Gasteiger partial charge on any atom is 0.297 e. The summed E-state index contributed by atoms with van der Waals surface area (Å²) in [5.74, 6) is 0.124. The van der Waals surface area contributed by atoms with Gasteiger partial charge in [0.1, 0.15) is 12.4 Å². The maximum absolute atomic E-state index is 12.6. The number of fused-ring (bicyclic) bond motifs is 1. The molecule has 4 atom stereocenters. The Morgan fingerprint density at radius 2 is 1.77 bits per heavy atom. The first-order chi connectivity index (χ1) is 16.9. The van der Waals surface area contributed by atoms with Gasteiger partial charge in [-0.2, -0.15) is 8.42 Å². The molecule has 184 valence electrons. The van der Waals surface area contributed by atoms with Gasteiger partial charge in [-0.25, -0.2) is 15.0 Å². The lowest BCUT2D eigenvalue weighted by Crippen LogP contribution is -2.38. The number of anilines is 1. The minimum absolute atomic E-state index is 0.0706. The number of hydrogen-bond acceptors (Lipinski definition) is 12. The number of benzene rings is 1. The topological polar surface area (TPSA) is 178 Å². The number of nitrogens with one attached hydrogen (secondary N) is 1. The number of aryl methyl sites for hydroxylation is 1. The Hall–Kier alpha value is -3.95. The molecule has 1 aliphatic heterocycles. The van der Waals surface area contributed by atoms with E-state index in [-0.39, 0.29) is 34.8 Å². The van der Waals surface area contributed by atoms with E-state index in [2.05, 4.69) is 20.3 Å². The van der Waals surface area contributed by atoms with E-state index in [1.54, 1.807) is 19.1 Å². The molecular weight excluding hydrogens is 486 g/mol. The SMILES string of the molecule is Cc1ccc(S(=O)(=O)OC[C@H]2O[C@@H](n3cnc4c(NC=O)ncnc43)[C@@H](OC=O)[C@H]2OC=O)cc1. The molecule has 15 heteroatoms. The summed E-state index contributed by atoms with van der Waals surface area (Å²) in [6.07, 6.45) is -1.82. The standard InChI is InChI=1S/C20H19N5O9S/c1-12-2-4-13(5-3-12)35(29,30)33-6-14-16(31-10-27)17(32-11-28)20(34-14)25-8-23-15-18(24-9-26)21-7-22-19(15)25/h2-5,7-11,14,16-17,20H,6H2,1H3,(H,21,22,24,26)/t14-,16+,17+,20-/m1/s1. The van der Waals surface area contributed by atoms with E-state index in [0.717, 1.165) is 5.56 Å². The van der Waals surface area contributed by atoms with Crippen molar-refractivity contribution in [2.75, 3.05) is 11.9 Å². The van der Waals surface area contributed by atoms with Crippen LogP contribution >= 0.6 is 0 Å². The number of hydrogen-bond donors (Lipinski definition) is 1. The first kappa shape index (κ1) is 24.2. The summed E-state index contributed by atoms with van der Waals surface area (Å²) >= 11 is 0. The molecule has 2 aromatic heterocycles. The Kier molecular flexibility index (Phi) is 6.99. The first-order valence-corrected chi connectivity index (χ1v) is 11.5. The quantitative estimate of drug-likeness (QED) is 0.275. The van der Waals surface area contributed by atoms with Crippen LogP contribution in [-0.4, -0.2) is 72.2 Å². The molecule has 0 unspecified atom stereocenters. The van der Waals surface area contributed by atoms with Crippen LogP contribution < -0.4 is 5.32 Å². The Balaban J connectivity index is 1.63. The third-order valence-corrected chi connectivity index (χ3v) is 6.53. The minimum atomic E-state index is -4.17. The summed E-state index contributed by atoms with van der Waals surface area (Å²) in [5, 5.41) is 2.39. The fourth-order valence-electron chi connectivity index (χ4n) is 3.63. The van der Waals surface area contributed by atoms with Gasteiger partial charge in [0.15, 0.2) is 35.4 Å². The molecule has 1 aromatic carbocycles. The number of ether oxygens (including phenoxy) is 3. The van der Waals surface area contributed by atoms with E-state index in [4.69, 9.17) is 18.4 Å². The smallest absolute Gasteiger partial charge is 0.297 e. The van der Waals surface area contributed by atoms with Gasteiger partial charge in [-0.1, -0.05) is 17.7 Å². The second kappa shape index (κ2) is 10.1. The zero-order valence-corrected chi connectivity index (χ0v) is 18.9. The molecule has 0 spiro atoms. The number of carbonyl (C=O) groups excluding carboxylic acids is 3. The van der Waals surface area contributed by atoms with Crippen molar-refractivity contribution < 1.29 is 41.2 Å². The number of carbonyl (C=O) groups is 3. The molecule has 3 heterocycles. The van der Waals surface area contributed by atoms with Crippen molar-refractivity contribution in [1.82, 2.24) is 19.5 Å². The summed E-state index contributed by atoms with van der Waals surface area (Å²) in [5.41, 5.74) is 1.28. The van der Waals surface area contributed by atoms with Crippen LogP contribution in [-0.2, 0) is 42.9 Å². The molecular formula is C20H19N5O9S. The molecule has 1 aliphatic rings. The van der Waals surface area contributed by atoms with Gasteiger partial charge in [-0.15, -0.1) is 0 Å². The maximum atomic E-state index is 12.6. The van der Waals surface area contributed by atoms with E-state index in [1.165, 1.54) is 29.4 Å². The monoisotopic (exact) mass is 505 g/mol. The van der Waals surface area contributed by atoms with Crippen LogP contribution in [0.3, 0.4) is 0 Å². The van der Waals surface area contributed by atoms with Gasteiger partial charge in [-0.05, 0) is 19.1 Å². The van der Waals surface area contributed by atoms with Crippen LogP contribution in [0, 0.1) is 6.92 Å². The lowest BCUT2D eigenvalue weighted by molar-refractivity contribution is -0.151. The van der Waals surface area contributed by atoms with Gasteiger partial charge in [-0.3, -0.25) is 23.1 Å². The minimum Gasteiger partial charge on any atom is -0.458 e. The highest BCUT2D eigenvalue weighted by Gasteiger charge is 2.50. The second-order valence-electron chi connectivity index (χ2n) is 7.32. The van der Waals surface area contributed by atoms with Gasteiger partial charge in [0.2, 0.25) is 6.41 Å². The second-order valence-corrected chi connectivity index (χ2v) is 8.93. The zero-order valence-electron chi connectivity index (χ0n) is 18.1. The van der Waals surface area contributed by atoms with Crippen molar-refractivity contribution in [3.63, 3.8) is 0 Å². The molecule has 1 fully saturated rings. The van der Waals surface area contributed by atoms with Crippen molar-refractivity contribution in [2.24, 2.45) is 0 Å². The van der Waals surface area contributed by atoms with E-state index in [9.17, 15) is 22.8 Å². The fraction of sp³-hybridized carbons (Fsp3) is 0.300. The predicted octanol–water partition coefficient (Wildman–Crippen LogP) is 0.0891. The molecule has 4 rings (SSSR count). The van der Waals surface area contributed by atoms with E-state index >= 15 is 0 Å². The zero-order chi connectivity index (χ0) is 25.0. The lowest BCUT2D eigenvalue weighted by Gasteiger charge is -2.21. The Morgan fingerprint density at radius 1 is 1.06 bits per heavy atom. The molecule has 1 N–H and O–H groups in total. The molecule has 1 saturated heterocycles. The summed E-state index contributed by atoms with van der Waals surface area (Å²) in [6.45, 7) is 1.52. The summed E-state index contributed by atoms with van der Waals surface area (Å²) < 4.78 is 47.9. The third-order valence-electron chi connectivity index (χ3n) is 5.24. The molecule has 0 bridgehead atoms. The van der Waals surface area contributed by atoms with Crippen LogP contribution in [0.2, 0.25) is 0 Å². The molecule has 1 amide bonds. The number of aromatic nitrogens is 4. The molecule has 35 heavy (non-hydrogen) atoms.